The molecule has 0 radical (unpaired) electrons. The van der Waals surface area contributed by atoms with Gasteiger partial charge in [0, 0.05) is 19.2 Å². The van der Waals surface area contributed by atoms with Crippen LogP contribution in [0.3, 0.4) is 0 Å². The molecule has 0 atom stereocenters. The van der Waals surface area contributed by atoms with Gasteiger partial charge in [0.05, 0.1) is 7.11 Å². The first-order valence-corrected chi connectivity index (χ1v) is 6.75. The molecule has 1 amide bonds. The Morgan fingerprint density at radius 1 is 1.24 bits per heavy atom. The third-order valence-corrected chi connectivity index (χ3v) is 3.27. The molecule has 108 valence electrons. The Balaban J connectivity index is 2.13. The van der Waals surface area contributed by atoms with Crippen molar-refractivity contribution >= 4 is 12.0 Å². The third kappa shape index (κ3) is 3.72. The van der Waals surface area contributed by atoms with Crippen molar-refractivity contribution in [1.29, 1.82) is 0 Å². The lowest BCUT2D eigenvalue weighted by Gasteiger charge is -2.18. The van der Waals surface area contributed by atoms with Gasteiger partial charge in [0.25, 0.3) is 5.91 Å². The Morgan fingerprint density at radius 2 is 2.00 bits per heavy atom. The lowest BCUT2D eigenvalue weighted by molar-refractivity contribution is 0.0785. The van der Waals surface area contributed by atoms with Crippen LogP contribution in [0.1, 0.15) is 21.5 Å². The van der Waals surface area contributed by atoms with Gasteiger partial charge in [-0.15, -0.1) is 0 Å². The molecule has 0 saturated heterocycles. The van der Waals surface area contributed by atoms with E-state index in [1.54, 1.807) is 25.1 Å². The van der Waals surface area contributed by atoms with E-state index in [1.807, 2.05) is 48.5 Å². The monoisotopic (exact) mass is 281 g/mol. The number of hydrogen-bond donors (Lipinski definition) is 0. The van der Waals surface area contributed by atoms with Crippen LogP contribution in [0.2, 0.25) is 0 Å². The van der Waals surface area contributed by atoms with Gasteiger partial charge in [0.15, 0.2) is 0 Å². The number of carbonyl (C=O) groups excluding carboxylic acids is 1. The molecule has 21 heavy (non-hydrogen) atoms. The topological polar surface area (TPSA) is 29.5 Å². The zero-order valence-corrected chi connectivity index (χ0v) is 12.4. The van der Waals surface area contributed by atoms with Gasteiger partial charge in [-0.25, -0.2) is 0 Å². The van der Waals surface area contributed by atoms with Crippen LogP contribution in [0.25, 0.3) is 6.08 Å². The summed E-state index contributed by atoms with van der Waals surface area (Å²) in [5.41, 5.74) is 2.64. The normalized spacial score (nSPS) is 10.0. The SMILES string of the molecule is C=Cc1cccc(C(=O)N(C)Cc2cccc(OC)c2)c1. The molecule has 0 fully saturated rings. The minimum Gasteiger partial charge on any atom is -0.497 e. The van der Waals surface area contributed by atoms with Crippen LogP contribution in [0.15, 0.2) is 55.1 Å². The Hall–Kier alpha value is -2.55. The Labute approximate surface area is 125 Å². The van der Waals surface area contributed by atoms with E-state index in [0.29, 0.717) is 12.1 Å². The fourth-order valence-corrected chi connectivity index (χ4v) is 2.14. The number of hydrogen-bond acceptors (Lipinski definition) is 2. The maximum atomic E-state index is 12.4. The van der Waals surface area contributed by atoms with Crippen molar-refractivity contribution in [2.75, 3.05) is 14.2 Å². The highest BCUT2D eigenvalue weighted by Gasteiger charge is 2.12. The zero-order chi connectivity index (χ0) is 15.2. The molecule has 0 aromatic heterocycles. The molecule has 0 saturated carbocycles. The van der Waals surface area contributed by atoms with Gasteiger partial charge in [-0.2, -0.15) is 0 Å². The molecule has 0 heterocycles. The second-order valence-electron chi connectivity index (χ2n) is 4.84. The number of methoxy groups -OCH3 is 1. The molecule has 0 bridgehead atoms. The summed E-state index contributed by atoms with van der Waals surface area (Å²) < 4.78 is 5.20. The highest BCUT2D eigenvalue weighted by Crippen LogP contribution is 2.15. The second kappa shape index (κ2) is 6.75. The Morgan fingerprint density at radius 3 is 2.71 bits per heavy atom. The minimum absolute atomic E-state index is 0.0125. The maximum absolute atomic E-state index is 12.4. The van der Waals surface area contributed by atoms with E-state index < -0.39 is 0 Å². The van der Waals surface area contributed by atoms with Crippen LogP contribution in [-0.4, -0.2) is 25.0 Å². The first-order chi connectivity index (χ1) is 10.1. The van der Waals surface area contributed by atoms with E-state index in [2.05, 4.69) is 6.58 Å². The first-order valence-electron chi connectivity index (χ1n) is 6.75. The van der Waals surface area contributed by atoms with E-state index in [9.17, 15) is 4.79 Å². The van der Waals surface area contributed by atoms with Crippen molar-refractivity contribution in [2.24, 2.45) is 0 Å². The predicted octanol–water partition coefficient (Wildman–Crippen LogP) is 3.61. The van der Waals surface area contributed by atoms with Crippen LogP contribution in [0.5, 0.6) is 5.75 Å². The van der Waals surface area contributed by atoms with Crippen LogP contribution in [0, 0.1) is 0 Å². The molecule has 0 aliphatic heterocycles. The number of ether oxygens (including phenoxy) is 1. The molecule has 0 unspecified atom stereocenters. The molecule has 0 aliphatic carbocycles. The van der Waals surface area contributed by atoms with E-state index in [1.165, 1.54) is 0 Å². The number of amides is 1. The molecule has 0 spiro atoms. The lowest BCUT2D eigenvalue weighted by Crippen LogP contribution is -2.26. The standard InChI is InChI=1S/C18H19NO2/c1-4-14-7-5-9-16(11-14)18(20)19(2)13-15-8-6-10-17(12-15)21-3/h4-12H,1,13H2,2-3H3. The number of benzene rings is 2. The van der Waals surface area contributed by atoms with Crippen molar-refractivity contribution < 1.29 is 9.53 Å². The maximum Gasteiger partial charge on any atom is 0.253 e. The van der Waals surface area contributed by atoms with E-state index in [-0.39, 0.29) is 5.91 Å². The van der Waals surface area contributed by atoms with Gasteiger partial charge in [-0.1, -0.05) is 36.9 Å². The summed E-state index contributed by atoms with van der Waals surface area (Å²) in [6, 6.07) is 15.2. The summed E-state index contributed by atoms with van der Waals surface area (Å²) in [4.78, 5) is 14.1. The lowest BCUT2D eigenvalue weighted by atomic mass is 10.1. The van der Waals surface area contributed by atoms with Crippen LogP contribution < -0.4 is 4.74 Å². The van der Waals surface area contributed by atoms with Crippen molar-refractivity contribution in [3.05, 3.63) is 71.8 Å². The van der Waals surface area contributed by atoms with Gasteiger partial charge in [0.2, 0.25) is 0 Å². The highest BCUT2D eigenvalue weighted by atomic mass is 16.5. The molecule has 2 aromatic carbocycles. The fourth-order valence-electron chi connectivity index (χ4n) is 2.14. The van der Waals surface area contributed by atoms with Crippen molar-refractivity contribution in [3.8, 4) is 5.75 Å². The third-order valence-electron chi connectivity index (χ3n) is 3.27. The summed E-state index contributed by atoms with van der Waals surface area (Å²) in [6.07, 6.45) is 1.73. The fraction of sp³-hybridized carbons (Fsp3) is 0.167. The van der Waals surface area contributed by atoms with Crippen molar-refractivity contribution in [2.45, 2.75) is 6.54 Å². The molecular weight excluding hydrogens is 262 g/mol. The zero-order valence-electron chi connectivity index (χ0n) is 12.4. The molecule has 2 aromatic rings. The largest absolute Gasteiger partial charge is 0.497 e. The van der Waals surface area contributed by atoms with E-state index in [0.717, 1.165) is 16.9 Å². The quantitative estimate of drug-likeness (QED) is 0.838. The van der Waals surface area contributed by atoms with Crippen molar-refractivity contribution in [3.63, 3.8) is 0 Å². The van der Waals surface area contributed by atoms with Crippen LogP contribution in [0.4, 0.5) is 0 Å². The van der Waals surface area contributed by atoms with Gasteiger partial charge in [0.1, 0.15) is 5.75 Å². The molecule has 0 N–H and O–H groups in total. The van der Waals surface area contributed by atoms with Gasteiger partial charge in [-0.05, 0) is 35.4 Å². The van der Waals surface area contributed by atoms with Crippen molar-refractivity contribution in [1.82, 2.24) is 4.90 Å². The molecule has 2 rings (SSSR count). The molecule has 3 heteroatoms. The van der Waals surface area contributed by atoms with Gasteiger partial charge >= 0.3 is 0 Å². The number of rotatable bonds is 5. The van der Waals surface area contributed by atoms with Gasteiger partial charge < -0.3 is 9.64 Å². The van der Waals surface area contributed by atoms with E-state index >= 15 is 0 Å². The summed E-state index contributed by atoms with van der Waals surface area (Å²) in [5.74, 6) is 0.781. The number of nitrogens with zero attached hydrogens (tertiary/aromatic N) is 1. The second-order valence-corrected chi connectivity index (χ2v) is 4.84. The van der Waals surface area contributed by atoms with Gasteiger partial charge in [-0.3, -0.25) is 4.79 Å². The smallest absolute Gasteiger partial charge is 0.253 e. The molecule has 3 nitrogen and oxygen atoms in total. The summed E-state index contributed by atoms with van der Waals surface area (Å²) in [6.45, 7) is 4.26. The summed E-state index contributed by atoms with van der Waals surface area (Å²) >= 11 is 0. The summed E-state index contributed by atoms with van der Waals surface area (Å²) in [5, 5.41) is 0. The van der Waals surface area contributed by atoms with Crippen LogP contribution in [-0.2, 0) is 6.54 Å². The van der Waals surface area contributed by atoms with E-state index in [4.69, 9.17) is 4.74 Å². The minimum atomic E-state index is -0.0125. The predicted molar refractivity (Wildman–Crippen MR) is 85.3 cm³/mol. The Bertz CT molecular complexity index is 649. The Kier molecular flexibility index (Phi) is 4.77. The molecule has 0 aliphatic rings. The average Bonchev–Trinajstić information content (AvgIpc) is 2.54. The highest BCUT2D eigenvalue weighted by molar-refractivity contribution is 5.94. The number of carbonyl (C=O) groups is 1. The molecular formula is C18H19NO2. The average molecular weight is 281 g/mol. The summed E-state index contributed by atoms with van der Waals surface area (Å²) in [7, 11) is 3.43. The first kappa shape index (κ1) is 14.9. The van der Waals surface area contributed by atoms with Crippen LogP contribution >= 0.6 is 0 Å².